The summed E-state index contributed by atoms with van der Waals surface area (Å²) < 4.78 is 2.11. The van der Waals surface area contributed by atoms with E-state index in [2.05, 4.69) is 25.4 Å². The van der Waals surface area contributed by atoms with Gasteiger partial charge in [-0.25, -0.2) is 4.79 Å². The molecule has 0 aliphatic carbocycles. The molecule has 0 saturated carbocycles. The van der Waals surface area contributed by atoms with Crippen LogP contribution in [0.25, 0.3) is 0 Å². The SMILES string of the molecule is O=C(NCc1nnc2n1CCCCC2)NCC(O)Cc1ccccc1. The monoisotopic (exact) mass is 343 g/mol. The lowest BCUT2D eigenvalue weighted by atomic mass is 10.1. The number of aryl methyl sites for hydroxylation is 1. The van der Waals surface area contributed by atoms with Crippen molar-refractivity contribution in [3.8, 4) is 0 Å². The molecule has 0 saturated heterocycles. The number of rotatable bonds is 6. The van der Waals surface area contributed by atoms with Gasteiger partial charge in [0.15, 0.2) is 5.82 Å². The quantitative estimate of drug-likeness (QED) is 0.739. The minimum Gasteiger partial charge on any atom is -0.391 e. The zero-order valence-corrected chi connectivity index (χ0v) is 14.3. The summed E-state index contributed by atoms with van der Waals surface area (Å²) in [6.45, 7) is 1.46. The van der Waals surface area contributed by atoms with Crippen LogP contribution in [-0.4, -0.2) is 38.6 Å². The predicted octanol–water partition coefficient (Wildman–Crippen LogP) is 1.41. The van der Waals surface area contributed by atoms with Crippen molar-refractivity contribution in [3.05, 3.63) is 47.5 Å². The number of benzene rings is 1. The molecular weight excluding hydrogens is 318 g/mol. The first-order valence-electron chi connectivity index (χ1n) is 8.87. The fourth-order valence-corrected chi connectivity index (χ4v) is 3.07. The molecule has 2 heterocycles. The van der Waals surface area contributed by atoms with Crippen LogP contribution in [-0.2, 0) is 25.9 Å². The molecule has 2 aromatic rings. The van der Waals surface area contributed by atoms with Gasteiger partial charge in [0, 0.05) is 25.9 Å². The molecule has 0 radical (unpaired) electrons. The summed E-state index contributed by atoms with van der Waals surface area (Å²) in [5.41, 5.74) is 1.04. The Morgan fingerprint density at radius 1 is 1.16 bits per heavy atom. The van der Waals surface area contributed by atoms with Crippen molar-refractivity contribution in [1.29, 1.82) is 0 Å². The van der Waals surface area contributed by atoms with Crippen molar-refractivity contribution in [3.63, 3.8) is 0 Å². The van der Waals surface area contributed by atoms with Gasteiger partial charge in [-0.15, -0.1) is 10.2 Å². The minimum absolute atomic E-state index is 0.207. The second kappa shape index (κ2) is 8.62. The Hall–Kier alpha value is -2.41. The van der Waals surface area contributed by atoms with Crippen LogP contribution in [0, 0.1) is 0 Å². The largest absolute Gasteiger partial charge is 0.391 e. The minimum atomic E-state index is -0.613. The van der Waals surface area contributed by atoms with Gasteiger partial charge < -0.3 is 20.3 Å². The summed E-state index contributed by atoms with van der Waals surface area (Å²) in [7, 11) is 0. The molecule has 1 aliphatic heterocycles. The summed E-state index contributed by atoms with van der Waals surface area (Å²) in [6, 6.07) is 9.42. The first-order valence-corrected chi connectivity index (χ1v) is 8.87. The zero-order chi connectivity index (χ0) is 17.5. The summed E-state index contributed by atoms with van der Waals surface area (Å²) in [5.74, 6) is 1.80. The number of hydrogen-bond donors (Lipinski definition) is 3. The van der Waals surface area contributed by atoms with Crippen LogP contribution in [0.4, 0.5) is 4.79 Å². The Balaban J connectivity index is 1.42. The average Bonchev–Trinajstić information content (AvgIpc) is 2.85. The third-order valence-corrected chi connectivity index (χ3v) is 4.41. The molecule has 1 aromatic heterocycles. The van der Waals surface area contributed by atoms with E-state index in [1.54, 1.807) is 0 Å². The van der Waals surface area contributed by atoms with Crippen molar-refractivity contribution in [1.82, 2.24) is 25.4 Å². The van der Waals surface area contributed by atoms with Crippen molar-refractivity contribution < 1.29 is 9.90 Å². The molecule has 1 unspecified atom stereocenters. The molecule has 3 rings (SSSR count). The molecule has 1 atom stereocenters. The highest BCUT2D eigenvalue weighted by Gasteiger charge is 2.15. The van der Waals surface area contributed by atoms with Gasteiger partial charge >= 0.3 is 6.03 Å². The second-order valence-corrected chi connectivity index (χ2v) is 6.40. The summed E-state index contributed by atoms with van der Waals surface area (Å²) in [6.07, 6.45) is 4.32. The smallest absolute Gasteiger partial charge is 0.315 e. The van der Waals surface area contributed by atoms with Crippen LogP contribution >= 0.6 is 0 Å². The molecule has 0 spiro atoms. The van der Waals surface area contributed by atoms with E-state index >= 15 is 0 Å². The fourth-order valence-electron chi connectivity index (χ4n) is 3.07. The number of nitrogens with one attached hydrogen (secondary N) is 2. The van der Waals surface area contributed by atoms with Gasteiger partial charge in [-0.2, -0.15) is 0 Å². The lowest BCUT2D eigenvalue weighted by Gasteiger charge is -2.13. The molecular formula is C18H25N5O2. The van der Waals surface area contributed by atoms with Crippen molar-refractivity contribution in [2.45, 2.75) is 51.3 Å². The fraction of sp³-hybridized carbons (Fsp3) is 0.500. The molecule has 7 nitrogen and oxygen atoms in total. The van der Waals surface area contributed by atoms with E-state index in [0.29, 0.717) is 13.0 Å². The number of aliphatic hydroxyl groups excluding tert-OH is 1. The topological polar surface area (TPSA) is 92.1 Å². The van der Waals surface area contributed by atoms with Gasteiger partial charge in [0.25, 0.3) is 0 Å². The Morgan fingerprint density at radius 3 is 2.84 bits per heavy atom. The standard InChI is InChI=1S/C18H25N5O2/c24-15(11-14-7-3-1-4-8-14)12-19-18(25)20-13-17-22-21-16-9-5-2-6-10-23(16)17/h1,3-4,7-8,15,24H,2,5-6,9-13H2,(H2,19,20,25). The average molecular weight is 343 g/mol. The van der Waals surface area contributed by atoms with Crippen LogP contribution in [0.2, 0.25) is 0 Å². The summed E-state index contributed by atoms with van der Waals surface area (Å²) >= 11 is 0. The highest BCUT2D eigenvalue weighted by Crippen LogP contribution is 2.14. The van der Waals surface area contributed by atoms with Gasteiger partial charge in [0.1, 0.15) is 5.82 Å². The maximum atomic E-state index is 11.9. The van der Waals surface area contributed by atoms with Gasteiger partial charge in [-0.05, 0) is 18.4 Å². The number of carbonyl (C=O) groups excluding carboxylic acids is 1. The third kappa shape index (κ3) is 5.03. The van der Waals surface area contributed by atoms with Crippen LogP contribution in [0.1, 0.15) is 36.5 Å². The molecule has 25 heavy (non-hydrogen) atoms. The Morgan fingerprint density at radius 2 is 2.00 bits per heavy atom. The molecule has 7 heteroatoms. The second-order valence-electron chi connectivity index (χ2n) is 6.40. The normalized spacial score (nSPS) is 15.1. The predicted molar refractivity (Wildman–Crippen MR) is 94.0 cm³/mol. The number of aliphatic hydroxyl groups is 1. The summed E-state index contributed by atoms with van der Waals surface area (Å²) in [5, 5.41) is 23.9. The highest BCUT2D eigenvalue weighted by atomic mass is 16.3. The summed E-state index contributed by atoms with van der Waals surface area (Å²) in [4.78, 5) is 11.9. The van der Waals surface area contributed by atoms with Crippen molar-refractivity contribution in [2.24, 2.45) is 0 Å². The number of carbonyl (C=O) groups is 1. The zero-order valence-electron chi connectivity index (χ0n) is 14.3. The van der Waals surface area contributed by atoms with Crippen molar-refractivity contribution >= 4 is 6.03 Å². The van der Waals surface area contributed by atoms with E-state index in [0.717, 1.165) is 43.0 Å². The number of fused-ring (bicyclic) bond motifs is 1. The number of amides is 2. The van der Waals surface area contributed by atoms with Gasteiger partial charge in [-0.1, -0.05) is 36.8 Å². The molecule has 3 N–H and O–H groups in total. The van der Waals surface area contributed by atoms with E-state index < -0.39 is 6.10 Å². The highest BCUT2D eigenvalue weighted by molar-refractivity contribution is 5.73. The molecule has 0 bridgehead atoms. The molecule has 0 fully saturated rings. The van der Waals surface area contributed by atoms with E-state index in [9.17, 15) is 9.90 Å². The maximum Gasteiger partial charge on any atom is 0.315 e. The number of hydrogen-bond acceptors (Lipinski definition) is 4. The lowest BCUT2D eigenvalue weighted by Crippen LogP contribution is -2.40. The molecule has 1 aliphatic rings. The molecule has 2 amide bonds. The van der Waals surface area contributed by atoms with E-state index in [1.807, 2.05) is 30.3 Å². The van der Waals surface area contributed by atoms with E-state index in [-0.39, 0.29) is 12.6 Å². The molecule has 1 aromatic carbocycles. The van der Waals surface area contributed by atoms with Crippen LogP contribution in [0.3, 0.4) is 0 Å². The van der Waals surface area contributed by atoms with Gasteiger partial charge in [-0.3, -0.25) is 0 Å². The van der Waals surface area contributed by atoms with Crippen molar-refractivity contribution in [2.75, 3.05) is 6.54 Å². The van der Waals surface area contributed by atoms with E-state index in [1.165, 1.54) is 6.42 Å². The van der Waals surface area contributed by atoms with Gasteiger partial charge in [0.05, 0.1) is 12.6 Å². The Bertz CT molecular complexity index is 686. The van der Waals surface area contributed by atoms with E-state index in [4.69, 9.17) is 0 Å². The lowest BCUT2D eigenvalue weighted by molar-refractivity contribution is 0.170. The first kappa shape index (κ1) is 17.4. The number of aromatic nitrogens is 3. The van der Waals surface area contributed by atoms with Crippen LogP contribution in [0.15, 0.2) is 30.3 Å². The number of nitrogens with zero attached hydrogens (tertiary/aromatic N) is 3. The first-order chi connectivity index (χ1) is 12.2. The number of urea groups is 1. The Labute approximate surface area is 147 Å². The van der Waals surface area contributed by atoms with Gasteiger partial charge in [0.2, 0.25) is 0 Å². The molecule has 134 valence electrons. The van der Waals surface area contributed by atoms with Crippen LogP contribution < -0.4 is 10.6 Å². The third-order valence-electron chi connectivity index (χ3n) is 4.41. The maximum absolute atomic E-state index is 11.9. The van der Waals surface area contributed by atoms with Crippen LogP contribution in [0.5, 0.6) is 0 Å². The Kier molecular flexibility index (Phi) is 6.00.